The third-order valence-corrected chi connectivity index (χ3v) is 4.71. The summed E-state index contributed by atoms with van der Waals surface area (Å²) in [5.41, 5.74) is 1.00. The van der Waals surface area contributed by atoms with Gasteiger partial charge in [0.05, 0.1) is 12.5 Å². The molecule has 1 saturated heterocycles. The Morgan fingerprint density at radius 1 is 1.10 bits per heavy atom. The molecule has 1 aromatic carbocycles. The summed E-state index contributed by atoms with van der Waals surface area (Å²) < 4.78 is 0. The van der Waals surface area contributed by atoms with Crippen LogP contribution in [0.5, 0.6) is 0 Å². The Kier molecular flexibility index (Phi) is 3.95. The van der Waals surface area contributed by atoms with Crippen LogP contribution in [-0.2, 0) is 11.3 Å². The molecule has 0 N–H and O–H groups in total. The molecule has 3 amide bonds. The highest BCUT2D eigenvalue weighted by Gasteiger charge is 2.46. The molecule has 1 saturated carbocycles. The van der Waals surface area contributed by atoms with E-state index in [1.165, 1.54) is 4.90 Å². The second kappa shape index (κ2) is 5.88. The molecule has 3 rings (SSSR count). The van der Waals surface area contributed by atoms with Crippen LogP contribution in [0.3, 0.4) is 0 Å². The SMILES string of the molecule is CCN1C(=O)N(Cc2ccccc2)C(=O)C2CCCCC21. The van der Waals surface area contributed by atoms with Crippen LogP contribution in [0.4, 0.5) is 4.79 Å². The van der Waals surface area contributed by atoms with E-state index in [4.69, 9.17) is 0 Å². The normalized spacial score (nSPS) is 26.0. The number of fused-ring (bicyclic) bond motifs is 1. The van der Waals surface area contributed by atoms with Gasteiger partial charge >= 0.3 is 6.03 Å². The van der Waals surface area contributed by atoms with Crippen LogP contribution in [0, 0.1) is 5.92 Å². The van der Waals surface area contributed by atoms with E-state index >= 15 is 0 Å². The number of amides is 3. The lowest BCUT2D eigenvalue weighted by Crippen LogP contribution is -2.61. The monoisotopic (exact) mass is 286 g/mol. The van der Waals surface area contributed by atoms with Crippen LogP contribution in [0.1, 0.15) is 38.2 Å². The summed E-state index contributed by atoms with van der Waals surface area (Å²) in [5, 5.41) is 0. The summed E-state index contributed by atoms with van der Waals surface area (Å²) in [6, 6.07) is 9.75. The second-order valence-corrected chi connectivity index (χ2v) is 5.94. The predicted octanol–water partition coefficient (Wildman–Crippen LogP) is 3.03. The number of benzene rings is 1. The molecule has 0 radical (unpaired) electrons. The molecular formula is C17H22N2O2. The van der Waals surface area contributed by atoms with E-state index < -0.39 is 0 Å². The number of carbonyl (C=O) groups is 2. The fourth-order valence-corrected chi connectivity index (χ4v) is 3.65. The maximum atomic E-state index is 12.7. The van der Waals surface area contributed by atoms with Crippen molar-refractivity contribution in [2.75, 3.05) is 6.54 Å². The van der Waals surface area contributed by atoms with Gasteiger partial charge in [0.15, 0.2) is 0 Å². The standard InChI is InChI=1S/C17H22N2O2/c1-2-18-15-11-7-6-10-14(15)16(20)19(17(18)21)12-13-8-4-3-5-9-13/h3-5,8-9,14-15H,2,6-7,10-12H2,1H3. The molecule has 112 valence electrons. The van der Waals surface area contributed by atoms with Crippen molar-refractivity contribution in [2.45, 2.75) is 45.2 Å². The van der Waals surface area contributed by atoms with Crippen molar-refractivity contribution < 1.29 is 9.59 Å². The zero-order valence-electron chi connectivity index (χ0n) is 12.5. The van der Waals surface area contributed by atoms with E-state index in [-0.39, 0.29) is 23.9 Å². The van der Waals surface area contributed by atoms with Gasteiger partial charge in [0.1, 0.15) is 0 Å². The molecule has 1 aromatic rings. The lowest BCUT2D eigenvalue weighted by Gasteiger charge is -2.46. The van der Waals surface area contributed by atoms with Crippen molar-refractivity contribution in [1.82, 2.24) is 9.80 Å². The number of carbonyl (C=O) groups excluding carboxylic acids is 2. The Morgan fingerprint density at radius 2 is 1.81 bits per heavy atom. The molecule has 2 unspecified atom stereocenters. The predicted molar refractivity (Wildman–Crippen MR) is 80.5 cm³/mol. The fourth-order valence-electron chi connectivity index (χ4n) is 3.65. The molecule has 2 aliphatic rings. The second-order valence-electron chi connectivity index (χ2n) is 5.94. The summed E-state index contributed by atoms with van der Waals surface area (Å²) in [4.78, 5) is 28.7. The molecule has 4 heteroatoms. The Balaban J connectivity index is 1.85. The summed E-state index contributed by atoms with van der Waals surface area (Å²) in [6.45, 7) is 3.07. The van der Waals surface area contributed by atoms with Crippen molar-refractivity contribution in [3.8, 4) is 0 Å². The number of urea groups is 1. The van der Waals surface area contributed by atoms with Crippen LogP contribution >= 0.6 is 0 Å². The van der Waals surface area contributed by atoms with Gasteiger partial charge in [-0.15, -0.1) is 0 Å². The molecule has 1 aliphatic heterocycles. The molecule has 4 nitrogen and oxygen atoms in total. The van der Waals surface area contributed by atoms with Crippen molar-refractivity contribution in [3.05, 3.63) is 35.9 Å². The van der Waals surface area contributed by atoms with Gasteiger partial charge in [-0.1, -0.05) is 43.2 Å². The maximum Gasteiger partial charge on any atom is 0.327 e. The fraction of sp³-hybridized carbons (Fsp3) is 0.529. The lowest BCUT2D eigenvalue weighted by atomic mass is 9.81. The van der Waals surface area contributed by atoms with Crippen LogP contribution in [-0.4, -0.2) is 34.3 Å². The van der Waals surface area contributed by atoms with Crippen LogP contribution in [0.25, 0.3) is 0 Å². The molecule has 2 atom stereocenters. The first-order valence-electron chi connectivity index (χ1n) is 7.88. The Hall–Kier alpha value is -1.84. The van der Waals surface area contributed by atoms with E-state index in [0.29, 0.717) is 13.1 Å². The topological polar surface area (TPSA) is 40.6 Å². The number of hydrogen-bond acceptors (Lipinski definition) is 2. The maximum absolute atomic E-state index is 12.7. The number of rotatable bonds is 3. The minimum Gasteiger partial charge on any atom is -0.321 e. The average molecular weight is 286 g/mol. The minimum absolute atomic E-state index is 0.000104. The van der Waals surface area contributed by atoms with E-state index in [2.05, 4.69) is 0 Å². The van der Waals surface area contributed by atoms with Crippen molar-refractivity contribution in [2.24, 2.45) is 5.92 Å². The molecule has 2 fully saturated rings. The molecule has 0 spiro atoms. The zero-order chi connectivity index (χ0) is 14.8. The summed E-state index contributed by atoms with van der Waals surface area (Å²) in [6.07, 6.45) is 4.10. The Morgan fingerprint density at radius 3 is 2.52 bits per heavy atom. The van der Waals surface area contributed by atoms with Gasteiger partial charge in [-0.05, 0) is 25.3 Å². The first-order valence-corrected chi connectivity index (χ1v) is 7.88. The molecule has 1 heterocycles. The average Bonchev–Trinajstić information content (AvgIpc) is 2.53. The molecule has 21 heavy (non-hydrogen) atoms. The number of nitrogens with zero attached hydrogens (tertiary/aromatic N) is 2. The first-order chi connectivity index (χ1) is 10.2. The largest absolute Gasteiger partial charge is 0.327 e. The highest BCUT2D eigenvalue weighted by molar-refractivity contribution is 5.98. The summed E-state index contributed by atoms with van der Waals surface area (Å²) in [7, 11) is 0. The van der Waals surface area contributed by atoms with E-state index in [9.17, 15) is 9.59 Å². The quantitative estimate of drug-likeness (QED) is 0.857. The van der Waals surface area contributed by atoms with Gasteiger partial charge in [0.2, 0.25) is 5.91 Å². The number of hydrogen-bond donors (Lipinski definition) is 0. The van der Waals surface area contributed by atoms with Gasteiger partial charge in [-0.25, -0.2) is 4.79 Å². The third kappa shape index (κ3) is 2.55. The first kappa shape index (κ1) is 14.1. The van der Waals surface area contributed by atoms with Gasteiger partial charge in [0, 0.05) is 12.6 Å². The van der Waals surface area contributed by atoms with Gasteiger partial charge in [-0.2, -0.15) is 0 Å². The van der Waals surface area contributed by atoms with Gasteiger partial charge < -0.3 is 4.90 Å². The van der Waals surface area contributed by atoms with Crippen LogP contribution in [0.2, 0.25) is 0 Å². The van der Waals surface area contributed by atoms with Crippen LogP contribution < -0.4 is 0 Å². The molecule has 0 bridgehead atoms. The zero-order valence-corrected chi connectivity index (χ0v) is 12.5. The van der Waals surface area contributed by atoms with Crippen molar-refractivity contribution in [1.29, 1.82) is 0 Å². The van der Waals surface area contributed by atoms with E-state index in [0.717, 1.165) is 31.2 Å². The molecule has 0 aromatic heterocycles. The van der Waals surface area contributed by atoms with Gasteiger partial charge in [0.25, 0.3) is 0 Å². The molecule has 1 aliphatic carbocycles. The minimum atomic E-state index is -0.116. The van der Waals surface area contributed by atoms with E-state index in [1.807, 2.05) is 42.2 Å². The smallest absolute Gasteiger partial charge is 0.321 e. The van der Waals surface area contributed by atoms with Gasteiger partial charge in [-0.3, -0.25) is 9.69 Å². The molecular weight excluding hydrogens is 264 g/mol. The summed E-state index contributed by atoms with van der Waals surface area (Å²) in [5.74, 6) is 0.0263. The highest BCUT2D eigenvalue weighted by atomic mass is 16.2. The van der Waals surface area contributed by atoms with Crippen molar-refractivity contribution in [3.63, 3.8) is 0 Å². The lowest BCUT2D eigenvalue weighted by molar-refractivity contribution is -0.141. The third-order valence-electron chi connectivity index (χ3n) is 4.71. The Labute approximate surface area is 125 Å². The highest BCUT2D eigenvalue weighted by Crippen LogP contribution is 2.34. The number of imide groups is 1. The van der Waals surface area contributed by atoms with E-state index in [1.54, 1.807) is 0 Å². The van der Waals surface area contributed by atoms with Crippen molar-refractivity contribution >= 4 is 11.9 Å². The van der Waals surface area contributed by atoms with Crippen LogP contribution in [0.15, 0.2) is 30.3 Å². The Bertz CT molecular complexity index is 511. The summed E-state index contributed by atoms with van der Waals surface area (Å²) >= 11 is 0.